The van der Waals surface area contributed by atoms with E-state index in [0.29, 0.717) is 46.9 Å². The molecule has 0 saturated carbocycles. The Bertz CT molecular complexity index is 1240. The first kappa shape index (κ1) is 20.4. The van der Waals surface area contributed by atoms with Gasteiger partial charge in [0.05, 0.1) is 16.1 Å². The van der Waals surface area contributed by atoms with Gasteiger partial charge < -0.3 is 14.4 Å². The summed E-state index contributed by atoms with van der Waals surface area (Å²) in [6.45, 7) is 4.72. The summed E-state index contributed by atoms with van der Waals surface area (Å²) in [6, 6.07) is 9.95. The number of piperidine rings is 1. The van der Waals surface area contributed by atoms with Gasteiger partial charge in [-0.2, -0.15) is 0 Å². The zero-order valence-electron chi connectivity index (χ0n) is 17.2. The SMILES string of the molecule is CC1CCCN(c2c(S(=O)(=O)c3ccc(Cl)cc3)cnc3cc4c(cc23)OCCO4)C1. The number of hydrogen-bond donors (Lipinski definition) is 0. The summed E-state index contributed by atoms with van der Waals surface area (Å²) in [5.41, 5.74) is 1.37. The van der Waals surface area contributed by atoms with E-state index >= 15 is 0 Å². The van der Waals surface area contributed by atoms with Gasteiger partial charge in [0.1, 0.15) is 18.1 Å². The Morgan fingerprint density at radius 1 is 1.10 bits per heavy atom. The van der Waals surface area contributed by atoms with Crippen LogP contribution in [-0.2, 0) is 9.84 Å². The van der Waals surface area contributed by atoms with Gasteiger partial charge in [-0.05, 0) is 49.1 Å². The van der Waals surface area contributed by atoms with Gasteiger partial charge in [-0.3, -0.25) is 4.98 Å². The van der Waals surface area contributed by atoms with Crippen molar-refractivity contribution in [3.05, 3.63) is 47.6 Å². The number of halogens is 1. The van der Waals surface area contributed by atoms with Crippen molar-refractivity contribution in [1.82, 2.24) is 4.98 Å². The summed E-state index contributed by atoms with van der Waals surface area (Å²) in [7, 11) is -3.80. The molecule has 2 aromatic carbocycles. The summed E-state index contributed by atoms with van der Waals surface area (Å²) >= 11 is 5.98. The maximum absolute atomic E-state index is 13.7. The third kappa shape index (κ3) is 3.70. The van der Waals surface area contributed by atoms with Crippen LogP contribution in [0.2, 0.25) is 5.02 Å². The minimum atomic E-state index is -3.80. The van der Waals surface area contributed by atoms with E-state index in [2.05, 4.69) is 16.8 Å². The molecule has 1 unspecified atom stereocenters. The number of aromatic nitrogens is 1. The molecular formula is C23H23ClN2O4S. The Balaban J connectivity index is 1.75. The molecule has 2 aliphatic rings. The van der Waals surface area contributed by atoms with Crippen molar-refractivity contribution in [1.29, 1.82) is 0 Å². The molecule has 0 spiro atoms. The van der Waals surface area contributed by atoms with Crippen LogP contribution in [0.15, 0.2) is 52.4 Å². The fourth-order valence-corrected chi connectivity index (χ4v) is 5.91. The Morgan fingerprint density at radius 2 is 1.81 bits per heavy atom. The second kappa shape index (κ2) is 7.88. The van der Waals surface area contributed by atoms with Crippen LogP contribution < -0.4 is 14.4 Å². The highest BCUT2D eigenvalue weighted by atomic mass is 35.5. The molecule has 5 rings (SSSR count). The minimum Gasteiger partial charge on any atom is -0.486 e. The van der Waals surface area contributed by atoms with E-state index < -0.39 is 9.84 Å². The van der Waals surface area contributed by atoms with Gasteiger partial charge >= 0.3 is 0 Å². The van der Waals surface area contributed by atoms with Gasteiger partial charge in [0.15, 0.2) is 11.5 Å². The highest BCUT2D eigenvalue weighted by Crippen LogP contribution is 2.42. The monoisotopic (exact) mass is 458 g/mol. The zero-order chi connectivity index (χ0) is 21.6. The molecule has 2 aliphatic heterocycles. The fraction of sp³-hybridized carbons (Fsp3) is 0.348. The molecule has 3 heterocycles. The molecule has 6 nitrogen and oxygen atoms in total. The number of nitrogens with zero attached hydrogens (tertiary/aromatic N) is 2. The molecule has 1 saturated heterocycles. The van der Waals surface area contributed by atoms with Crippen molar-refractivity contribution < 1.29 is 17.9 Å². The van der Waals surface area contributed by atoms with Crippen LogP contribution in [0.1, 0.15) is 19.8 Å². The van der Waals surface area contributed by atoms with E-state index in [4.69, 9.17) is 21.1 Å². The highest BCUT2D eigenvalue weighted by Gasteiger charge is 2.30. The molecule has 1 aromatic heterocycles. The van der Waals surface area contributed by atoms with Crippen molar-refractivity contribution in [3.63, 3.8) is 0 Å². The quantitative estimate of drug-likeness (QED) is 0.565. The first-order chi connectivity index (χ1) is 14.9. The molecule has 1 fully saturated rings. The normalized spacial score (nSPS) is 18.9. The summed E-state index contributed by atoms with van der Waals surface area (Å²) < 4.78 is 38.8. The Hall–Kier alpha value is -2.51. The molecule has 162 valence electrons. The Labute approximate surface area is 186 Å². The lowest BCUT2D eigenvalue weighted by Gasteiger charge is -2.35. The third-order valence-electron chi connectivity index (χ3n) is 5.86. The fourth-order valence-electron chi connectivity index (χ4n) is 4.35. The van der Waals surface area contributed by atoms with Gasteiger partial charge in [0.25, 0.3) is 0 Å². The van der Waals surface area contributed by atoms with Crippen LogP contribution in [0.3, 0.4) is 0 Å². The van der Waals surface area contributed by atoms with Crippen molar-refractivity contribution in [2.24, 2.45) is 5.92 Å². The number of hydrogen-bond acceptors (Lipinski definition) is 6. The van der Waals surface area contributed by atoms with Crippen molar-refractivity contribution in [3.8, 4) is 11.5 Å². The summed E-state index contributed by atoms with van der Waals surface area (Å²) in [5.74, 6) is 1.73. The number of ether oxygens (including phenoxy) is 2. The molecule has 0 N–H and O–H groups in total. The van der Waals surface area contributed by atoms with E-state index in [9.17, 15) is 8.42 Å². The first-order valence-corrected chi connectivity index (χ1v) is 12.3. The Morgan fingerprint density at radius 3 is 2.52 bits per heavy atom. The maximum atomic E-state index is 13.7. The lowest BCUT2D eigenvalue weighted by molar-refractivity contribution is 0.172. The predicted octanol–water partition coefficient (Wildman–Crippen LogP) is 4.73. The molecular weight excluding hydrogens is 436 g/mol. The van der Waals surface area contributed by atoms with E-state index in [0.717, 1.165) is 31.3 Å². The average Bonchev–Trinajstić information content (AvgIpc) is 2.77. The van der Waals surface area contributed by atoms with Crippen LogP contribution in [-0.4, -0.2) is 39.7 Å². The lowest BCUT2D eigenvalue weighted by Crippen LogP contribution is -2.35. The second-order valence-electron chi connectivity index (χ2n) is 8.13. The molecule has 0 radical (unpaired) electrons. The lowest BCUT2D eigenvalue weighted by atomic mass is 9.99. The predicted molar refractivity (Wildman–Crippen MR) is 120 cm³/mol. The topological polar surface area (TPSA) is 68.7 Å². The van der Waals surface area contributed by atoms with Crippen LogP contribution in [0, 0.1) is 5.92 Å². The minimum absolute atomic E-state index is 0.196. The zero-order valence-corrected chi connectivity index (χ0v) is 18.7. The highest BCUT2D eigenvalue weighted by molar-refractivity contribution is 7.91. The molecule has 0 amide bonds. The second-order valence-corrected chi connectivity index (χ2v) is 10.5. The van der Waals surface area contributed by atoms with Gasteiger partial charge in [0, 0.05) is 35.8 Å². The van der Waals surface area contributed by atoms with Crippen LogP contribution in [0.5, 0.6) is 11.5 Å². The number of pyridine rings is 1. The largest absolute Gasteiger partial charge is 0.486 e. The van der Waals surface area contributed by atoms with Gasteiger partial charge in [-0.15, -0.1) is 0 Å². The molecule has 31 heavy (non-hydrogen) atoms. The van der Waals surface area contributed by atoms with Gasteiger partial charge in [-0.1, -0.05) is 18.5 Å². The molecule has 3 aromatic rings. The molecule has 1 atom stereocenters. The number of rotatable bonds is 3. The number of fused-ring (bicyclic) bond motifs is 2. The van der Waals surface area contributed by atoms with Crippen molar-refractivity contribution in [2.75, 3.05) is 31.2 Å². The number of benzene rings is 2. The number of anilines is 1. The number of sulfone groups is 1. The van der Waals surface area contributed by atoms with E-state index in [1.165, 1.54) is 18.3 Å². The van der Waals surface area contributed by atoms with Crippen molar-refractivity contribution >= 4 is 38.0 Å². The van der Waals surface area contributed by atoms with E-state index in [-0.39, 0.29) is 9.79 Å². The van der Waals surface area contributed by atoms with Crippen LogP contribution >= 0.6 is 11.6 Å². The summed E-state index contributed by atoms with van der Waals surface area (Å²) in [4.78, 5) is 7.08. The Kier molecular flexibility index (Phi) is 5.18. The first-order valence-electron chi connectivity index (χ1n) is 10.4. The molecule has 8 heteroatoms. The van der Waals surface area contributed by atoms with E-state index in [1.807, 2.05) is 12.1 Å². The summed E-state index contributed by atoms with van der Waals surface area (Å²) in [6.07, 6.45) is 3.61. The van der Waals surface area contributed by atoms with Crippen molar-refractivity contribution in [2.45, 2.75) is 29.6 Å². The summed E-state index contributed by atoms with van der Waals surface area (Å²) in [5, 5.41) is 1.25. The average molecular weight is 459 g/mol. The van der Waals surface area contributed by atoms with Gasteiger partial charge in [-0.25, -0.2) is 8.42 Å². The van der Waals surface area contributed by atoms with Crippen LogP contribution in [0.4, 0.5) is 5.69 Å². The van der Waals surface area contributed by atoms with Gasteiger partial charge in [0.2, 0.25) is 9.84 Å². The van der Waals surface area contributed by atoms with E-state index in [1.54, 1.807) is 12.1 Å². The molecule has 0 bridgehead atoms. The standard InChI is InChI=1S/C23H23ClN2O4S/c1-15-3-2-8-26(14-15)23-18-11-20-21(30-10-9-29-20)12-19(18)25-13-22(23)31(27,28)17-6-4-16(24)5-7-17/h4-7,11-13,15H,2-3,8-10,14H2,1H3. The smallest absolute Gasteiger partial charge is 0.210 e. The maximum Gasteiger partial charge on any atom is 0.210 e. The molecule has 0 aliphatic carbocycles. The third-order valence-corrected chi connectivity index (χ3v) is 7.88. The van der Waals surface area contributed by atoms with Crippen LogP contribution in [0.25, 0.3) is 10.9 Å².